The van der Waals surface area contributed by atoms with E-state index < -0.39 is 5.97 Å². The van der Waals surface area contributed by atoms with Crippen LogP contribution in [0.5, 0.6) is 17.2 Å². The SMILES string of the molecule is COc1ccc(COc2cccc(OC3CN(c4cc(C(=O)O)ccn4)C3)c2C=O)cc1. The van der Waals surface area contributed by atoms with E-state index >= 15 is 0 Å². The molecule has 1 N–H and O–H groups in total. The first-order valence-electron chi connectivity index (χ1n) is 10.0. The molecule has 1 saturated heterocycles. The Labute approximate surface area is 185 Å². The van der Waals surface area contributed by atoms with Crippen molar-refractivity contribution in [2.75, 3.05) is 25.1 Å². The number of nitrogens with zero attached hydrogens (tertiary/aromatic N) is 2. The van der Waals surface area contributed by atoms with E-state index in [4.69, 9.17) is 19.3 Å². The van der Waals surface area contributed by atoms with Gasteiger partial charge in [-0.25, -0.2) is 9.78 Å². The number of carbonyl (C=O) groups excluding carboxylic acids is 1. The highest BCUT2D eigenvalue weighted by atomic mass is 16.5. The predicted octanol–water partition coefficient (Wildman–Crippen LogP) is 3.45. The third kappa shape index (κ3) is 4.64. The van der Waals surface area contributed by atoms with Gasteiger partial charge in [-0.15, -0.1) is 0 Å². The van der Waals surface area contributed by atoms with Crippen molar-refractivity contribution in [3.8, 4) is 17.2 Å². The number of benzene rings is 2. The molecule has 1 aromatic heterocycles. The predicted molar refractivity (Wildman–Crippen MR) is 117 cm³/mol. The maximum atomic E-state index is 11.8. The molecule has 0 bridgehead atoms. The molecule has 3 aromatic rings. The Bertz CT molecular complexity index is 1110. The smallest absolute Gasteiger partial charge is 0.335 e. The van der Waals surface area contributed by atoms with Gasteiger partial charge in [0.2, 0.25) is 0 Å². The molecule has 0 radical (unpaired) electrons. The van der Waals surface area contributed by atoms with Crippen LogP contribution in [0.3, 0.4) is 0 Å². The molecule has 0 atom stereocenters. The number of aromatic nitrogens is 1. The Kier molecular flexibility index (Phi) is 6.21. The summed E-state index contributed by atoms with van der Waals surface area (Å²) in [5, 5.41) is 9.13. The van der Waals surface area contributed by atoms with E-state index in [1.807, 2.05) is 29.2 Å². The highest BCUT2D eigenvalue weighted by molar-refractivity contribution is 5.88. The molecule has 1 aliphatic rings. The van der Waals surface area contributed by atoms with Crippen molar-refractivity contribution in [3.05, 3.63) is 77.5 Å². The van der Waals surface area contributed by atoms with Crippen LogP contribution in [0.4, 0.5) is 5.82 Å². The summed E-state index contributed by atoms with van der Waals surface area (Å²) in [4.78, 5) is 29.0. The normalized spacial score (nSPS) is 13.2. The summed E-state index contributed by atoms with van der Waals surface area (Å²) in [5.74, 6) is 1.24. The summed E-state index contributed by atoms with van der Waals surface area (Å²) in [6.07, 6.45) is 2.05. The minimum absolute atomic E-state index is 0.152. The first-order chi connectivity index (χ1) is 15.6. The molecule has 0 amide bonds. The molecule has 0 saturated carbocycles. The van der Waals surface area contributed by atoms with Gasteiger partial charge in [0, 0.05) is 6.20 Å². The van der Waals surface area contributed by atoms with Crippen LogP contribution in [0.2, 0.25) is 0 Å². The summed E-state index contributed by atoms with van der Waals surface area (Å²) >= 11 is 0. The number of hydrogen-bond donors (Lipinski definition) is 1. The molecule has 1 fully saturated rings. The molecule has 0 aliphatic carbocycles. The first-order valence-corrected chi connectivity index (χ1v) is 10.0. The molecule has 0 unspecified atom stereocenters. The molecule has 164 valence electrons. The topological polar surface area (TPSA) is 98.2 Å². The van der Waals surface area contributed by atoms with E-state index in [-0.39, 0.29) is 11.7 Å². The van der Waals surface area contributed by atoms with Crippen LogP contribution >= 0.6 is 0 Å². The average Bonchev–Trinajstić information content (AvgIpc) is 2.80. The number of aldehydes is 1. The van der Waals surface area contributed by atoms with Crippen molar-refractivity contribution in [1.29, 1.82) is 0 Å². The Balaban J connectivity index is 1.39. The lowest BCUT2D eigenvalue weighted by Gasteiger charge is -2.40. The lowest BCUT2D eigenvalue weighted by Crippen LogP contribution is -2.54. The van der Waals surface area contributed by atoms with Crippen LogP contribution in [0, 0.1) is 0 Å². The zero-order valence-corrected chi connectivity index (χ0v) is 17.4. The summed E-state index contributed by atoms with van der Waals surface area (Å²) in [5.41, 5.74) is 1.48. The Morgan fingerprint density at radius 3 is 2.59 bits per heavy atom. The van der Waals surface area contributed by atoms with Crippen molar-refractivity contribution >= 4 is 18.1 Å². The van der Waals surface area contributed by atoms with Crippen molar-refractivity contribution in [1.82, 2.24) is 4.98 Å². The summed E-state index contributed by atoms with van der Waals surface area (Å²) < 4.78 is 17.0. The Hall–Kier alpha value is -4.07. The molecule has 2 aromatic carbocycles. The number of anilines is 1. The largest absolute Gasteiger partial charge is 0.497 e. The monoisotopic (exact) mass is 434 g/mol. The molecular formula is C24H22N2O6. The van der Waals surface area contributed by atoms with Gasteiger partial charge >= 0.3 is 5.97 Å². The number of carboxylic acid groups (broad SMARTS) is 1. The Morgan fingerprint density at radius 2 is 1.91 bits per heavy atom. The number of rotatable bonds is 9. The second kappa shape index (κ2) is 9.38. The van der Waals surface area contributed by atoms with Crippen LogP contribution < -0.4 is 19.1 Å². The fourth-order valence-corrected chi connectivity index (χ4v) is 3.36. The van der Waals surface area contributed by atoms with Crippen molar-refractivity contribution in [2.45, 2.75) is 12.7 Å². The molecule has 8 heteroatoms. The minimum Gasteiger partial charge on any atom is -0.497 e. The van der Waals surface area contributed by atoms with Gasteiger partial charge in [-0.3, -0.25) is 4.79 Å². The maximum absolute atomic E-state index is 11.8. The number of pyridine rings is 1. The first kappa shape index (κ1) is 21.2. The van der Waals surface area contributed by atoms with Crippen LogP contribution in [-0.4, -0.2) is 48.6 Å². The number of carbonyl (C=O) groups is 2. The number of aromatic carboxylic acids is 1. The number of hydrogen-bond acceptors (Lipinski definition) is 7. The van der Waals surface area contributed by atoms with Gasteiger partial charge < -0.3 is 24.2 Å². The summed E-state index contributed by atoms with van der Waals surface area (Å²) in [6.45, 7) is 1.37. The van der Waals surface area contributed by atoms with Crippen LogP contribution in [0.1, 0.15) is 26.3 Å². The molecule has 32 heavy (non-hydrogen) atoms. The third-order valence-corrected chi connectivity index (χ3v) is 5.16. The highest BCUT2D eigenvalue weighted by Crippen LogP contribution is 2.30. The van der Waals surface area contributed by atoms with Crippen molar-refractivity contribution in [3.63, 3.8) is 0 Å². The number of methoxy groups -OCH3 is 1. The van der Waals surface area contributed by atoms with E-state index in [9.17, 15) is 9.59 Å². The summed E-state index contributed by atoms with van der Waals surface area (Å²) in [7, 11) is 1.61. The standard InChI is InChI=1S/C24H22N2O6/c1-30-18-7-5-16(6-8-18)15-31-21-3-2-4-22(20(21)14-27)32-19-12-26(13-19)23-11-17(24(28)29)9-10-25-23/h2-11,14,19H,12-13,15H2,1H3,(H,28,29). The van der Waals surface area contributed by atoms with Gasteiger partial charge in [-0.2, -0.15) is 0 Å². The van der Waals surface area contributed by atoms with Gasteiger partial charge in [-0.05, 0) is 42.0 Å². The quantitative estimate of drug-likeness (QED) is 0.512. The van der Waals surface area contributed by atoms with Gasteiger partial charge in [-0.1, -0.05) is 18.2 Å². The van der Waals surface area contributed by atoms with E-state index in [2.05, 4.69) is 4.98 Å². The van der Waals surface area contributed by atoms with E-state index in [1.165, 1.54) is 18.3 Å². The minimum atomic E-state index is -0.996. The van der Waals surface area contributed by atoms with Crippen molar-refractivity contribution < 1.29 is 28.9 Å². The molecule has 0 spiro atoms. The van der Waals surface area contributed by atoms with Gasteiger partial charge in [0.05, 0.1) is 31.3 Å². The lowest BCUT2D eigenvalue weighted by atomic mass is 10.1. The van der Waals surface area contributed by atoms with Gasteiger partial charge in [0.1, 0.15) is 35.8 Å². The van der Waals surface area contributed by atoms with Gasteiger partial charge in [0.15, 0.2) is 6.29 Å². The fraction of sp³-hybridized carbons (Fsp3) is 0.208. The number of carboxylic acids is 1. The zero-order chi connectivity index (χ0) is 22.5. The van der Waals surface area contributed by atoms with Crippen LogP contribution in [-0.2, 0) is 6.61 Å². The van der Waals surface area contributed by atoms with E-state index in [0.717, 1.165) is 17.6 Å². The lowest BCUT2D eigenvalue weighted by molar-refractivity contribution is 0.0696. The van der Waals surface area contributed by atoms with Crippen LogP contribution in [0.15, 0.2) is 60.8 Å². The maximum Gasteiger partial charge on any atom is 0.335 e. The van der Waals surface area contributed by atoms with E-state index in [1.54, 1.807) is 25.3 Å². The third-order valence-electron chi connectivity index (χ3n) is 5.16. The molecule has 8 nitrogen and oxygen atoms in total. The molecule has 2 heterocycles. The molecule has 4 rings (SSSR count). The average molecular weight is 434 g/mol. The molecule has 1 aliphatic heterocycles. The summed E-state index contributed by atoms with van der Waals surface area (Å²) in [6, 6.07) is 15.7. The Morgan fingerprint density at radius 1 is 1.16 bits per heavy atom. The molecular weight excluding hydrogens is 412 g/mol. The zero-order valence-electron chi connectivity index (χ0n) is 17.4. The number of ether oxygens (including phenoxy) is 3. The second-order valence-corrected chi connectivity index (χ2v) is 7.28. The van der Waals surface area contributed by atoms with Crippen LogP contribution in [0.25, 0.3) is 0 Å². The van der Waals surface area contributed by atoms with Gasteiger partial charge in [0.25, 0.3) is 0 Å². The van der Waals surface area contributed by atoms with Crippen molar-refractivity contribution in [2.24, 2.45) is 0 Å². The highest BCUT2D eigenvalue weighted by Gasteiger charge is 2.30. The second-order valence-electron chi connectivity index (χ2n) is 7.28. The van der Waals surface area contributed by atoms with E-state index in [0.29, 0.717) is 42.6 Å². The fourth-order valence-electron chi connectivity index (χ4n) is 3.36.